The van der Waals surface area contributed by atoms with Gasteiger partial charge < -0.3 is 14.6 Å². The van der Waals surface area contributed by atoms with E-state index in [1.807, 2.05) is 6.08 Å². The number of nitrogens with zero attached hydrogens (tertiary/aromatic N) is 1. The Kier molecular flexibility index (Phi) is 4.30. The van der Waals surface area contributed by atoms with Gasteiger partial charge in [-0.2, -0.15) is 0 Å². The Morgan fingerprint density at radius 1 is 1.38 bits per heavy atom. The van der Waals surface area contributed by atoms with Crippen LogP contribution in [0.2, 0.25) is 0 Å². The van der Waals surface area contributed by atoms with E-state index in [9.17, 15) is 14.7 Å². The highest BCUT2D eigenvalue weighted by Gasteiger charge is 2.46. The van der Waals surface area contributed by atoms with E-state index in [0.29, 0.717) is 0 Å². The summed E-state index contributed by atoms with van der Waals surface area (Å²) in [7, 11) is 0. The number of hydrogen-bond donors (Lipinski definition) is 1. The lowest BCUT2D eigenvalue weighted by Crippen LogP contribution is -2.47. The first-order chi connectivity index (χ1) is 11.2. The van der Waals surface area contributed by atoms with Crippen LogP contribution in [0.15, 0.2) is 23.8 Å². The van der Waals surface area contributed by atoms with Gasteiger partial charge in [-0.15, -0.1) is 0 Å². The lowest BCUT2D eigenvalue weighted by molar-refractivity contribution is -0.170. The van der Waals surface area contributed by atoms with Crippen molar-refractivity contribution in [1.29, 1.82) is 0 Å². The van der Waals surface area contributed by atoms with Crippen molar-refractivity contribution >= 4 is 11.9 Å². The maximum absolute atomic E-state index is 12.5. The van der Waals surface area contributed by atoms with E-state index in [0.717, 1.165) is 25.1 Å². The van der Waals surface area contributed by atoms with Gasteiger partial charge in [0.2, 0.25) is 0 Å². The Hall–Kier alpha value is -1.66. The molecule has 3 aliphatic heterocycles. The molecule has 0 aliphatic carbocycles. The molecule has 0 aromatic heterocycles. The zero-order chi connectivity index (χ0) is 17.6. The Labute approximate surface area is 142 Å². The maximum atomic E-state index is 12.5. The third-order valence-electron chi connectivity index (χ3n) is 5.90. The van der Waals surface area contributed by atoms with Gasteiger partial charge in [0, 0.05) is 24.6 Å². The molecular weight excluding hydrogens is 310 g/mol. The molecule has 0 saturated carbocycles. The predicted octanol–water partition coefficient (Wildman–Crippen LogP) is 1.05. The Morgan fingerprint density at radius 2 is 2.08 bits per heavy atom. The molecule has 1 N–H and O–H groups in total. The second-order valence-electron chi connectivity index (χ2n) is 7.28. The van der Waals surface area contributed by atoms with Gasteiger partial charge in [0.1, 0.15) is 12.7 Å². The van der Waals surface area contributed by atoms with Crippen LogP contribution in [0.25, 0.3) is 0 Å². The molecule has 6 heteroatoms. The summed E-state index contributed by atoms with van der Waals surface area (Å²) in [5, 5.41) is 10.6. The first kappa shape index (κ1) is 17.2. The van der Waals surface area contributed by atoms with Crippen LogP contribution in [-0.2, 0) is 19.1 Å². The minimum Gasteiger partial charge on any atom is -0.459 e. The van der Waals surface area contributed by atoms with Gasteiger partial charge in [-0.3, -0.25) is 4.90 Å². The highest BCUT2D eigenvalue weighted by atomic mass is 16.6. The third-order valence-corrected chi connectivity index (χ3v) is 5.90. The molecule has 0 bridgehead atoms. The van der Waals surface area contributed by atoms with Gasteiger partial charge in [-0.25, -0.2) is 9.59 Å². The number of ether oxygens (including phenoxy) is 2. The second-order valence-corrected chi connectivity index (χ2v) is 7.28. The minimum atomic E-state index is -1.70. The van der Waals surface area contributed by atoms with Crippen LogP contribution in [0.3, 0.4) is 0 Å². The van der Waals surface area contributed by atoms with Gasteiger partial charge >= 0.3 is 11.9 Å². The Bertz CT molecular complexity index is 609. The molecule has 3 aliphatic rings. The fourth-order valence-electron chi connectivity index (χ4n) is 3.79. The fraction of sp³-hybridized carbons (Fsp3) is 0.667. The molecule has 132 valence electrons. The molecular formula is C18H25NO5. The topological polar surface area (TPSA) is 76.1 Å². The van der Waals surface area contributed by atoms with E-state index in [4.69, 9.17) is 9.47 Å². The van der Waals surface area contributed by atoms with Crippen molar-refractivity contribution in [3.05, 3.63) is 23.8 Å². The van der Waals surface area contributed by atoms with E-state index in [-0.39, 0.29) is 24.3 Å². The van der Waals surface area contributed by atoms with Crippen molar-refractivity contribution in [3.8, 4) is 0 Å². The van der Waals surface area contributed by atoms with E-state index in [1.165, 1.54) is 6.92 Å². The molecule has 3 rings (SSSR count). The van der Waals surface area contributed by atoms with Crippen LogP contribution in [0, 0.1) is 11.8 Å². The monoisotopic (exact) mass is 335 g/mol. The molecule has 0 amide bonds. The lowest BCUT2D eigenvalue weighted by atomic mass is 9.78. The predicted molar refractivity (Wildman–Crippen MR) is 87.0 cm³/mol. The zero-order valence-corrected chi connectivity index (χ0v) is 14.4. The number of carbonyl (C=O) groups is 2. The van der Waals surface area contributed by atoms with Gasteiger partial charge in [-0.05, 0) is 24.8 Å². The number of hydrogen-bond acceptors (Lipinski definition) is 6. The molecule has 2 saturated heterocycles. The van der Waals surface area contributed by atoms with Crippen LogP contribution in [0.4, 0.5) is 0 Å². The fourth-order valence-corrected chi connectivity index (χ4v) is 3.79. The minimum absolute atomic E-state index is 0.0494. The van der Waals surface area contributed by atoms with Crippen LogP contribution in [-0.4, -0.2) is 59.4 Å². The van der Waals surface area contributed by atoms with Gasteiger partial charge in [0.15, 0.2) is 5.60 Å². The summed E-state index contributed by atoms with van der Waals surface area (Å²) < 4.78 is 11.1. The van der Waals surface area contributed by atoms with Crippen LogP contribution in [0.5, 0.6) is 0 Å². The third kappa shape index (κ3) is 2.67. The summed E-state index contributed by atoms with van der Waals surface area (Å²) in [5.41, 5.74) is -0.491. The molecule has 0 unspecified atom stereocenters. The average molecular weight is 335 g/mol. The molecule has 2 fully saturated rings. The van der Waals surface area contributed by atoms with Crippen LogP contribution < -0.4 is 0 Å². The quantitative estimate of drug-likeness (QED) is 0.405. The molecule has 5 atom stereocenters. The van der Waals surface area contributed by atoms with E-state index in [2.05, 4.69) is 11.5 Å². The number of aliphatic hydroxyl groups is 1. The van der Waals surface area contributed by atoms with E-state index >= 15 is 0 Å². The maximum Gasteiger partial charge on any atom is 0.338 e. The molecule has 0 radical (unpaired) electrons. The SMILES string of the molecule is C=C1C(=O)O[C@@H]2CCN3CC=C(COC(=O)[C@@](C)(O)[C@H](C)[C@H]1C)[C@H]23. The standard InChI is InChI=1S/C18H25NO5/c1-10-11(2)16(20)24-14-6-8-19-7-5-13(15(14)19)9-23-17(21)18(4,22)12(10)3/h5,10,12,14-15,22H,2,6-9H2,1,3-4H3/t10-,12+,14+,15+,18-/m0/s1. The van der Waals surface area contributed by atoms with E-state index < -0.39 is 29.4 Å². The number of carbonyl (C=O) groups excluding carboxylic acids is 2. The number of esters is 2. The lowest BCUT2D eigenvalue weighted by Gasteiger charge is -2.34. The molecule has 3 heterocycles. The Balaban J connectivity index is 1.92. The second kappa shape index (κ2) is 6.01. The van der Waals surface area contributed by atoms with E-state index in [1.54, 1.807) is 13.8 Å². The average Bonchev–Trinajstić information content (AvgIpc) is 3.12. The smallest absolute Gasteiger partial charge is 0.338 e. The van der Waals surface area contributed by atoms with Gasteiger partial charge in [0.05, 0.1) is 6.04 Å². The molecule has 0 aromatic carbocycles. The largest absolute Gasteiger partial charge is 0.459 e. The zero-order valence-electron chi connectivity index (χ0n) is 14.4. The van der Waals surface area contributed by atoms with Crippen molar-refractivity contribution in [2.24, 2.45) is 11.8 Å². The summed E-state index contributed by atoms with van der Waals surface area (Å²) in [4.78, 5) is 27.1. The van der Waals surface area contributed by atoms with Crippen molar-refractivity contribution in [1.82, 2.24) is 4.90 Å². The van der Waals surface area contributed by atoms with Crippen LogP contribution >= 0.6 is 0 Å². The number of rotatable bonds is 0. The van der Waals surface area contributed by atoms with Gasteiger partial charge in [-0.1, -0.05) is 26.5 Å². The van der Waals surface area contributed by atoms with Crippen molar-refractivity contribution in [3.63, 3.8) is 0 Å². The first-order valence-corrected chi connectivity index (χ1v) is 8.45. The first-order valence-electron chi connectivity index (χ1n) is 8.45. The van der Waals surface area contributed by atoms with Gasteiger partial charge in [0.25, 0.3) is 0 Å². The highest BCUT2D eigenvalue weighted by molar-refractivity contribution is 5.89. The van der Waals surface area contributed by atoms with Crippen molar-refractivity contribution in [2.45, 2.75) is 44.9 Å². The normalized spacial score (nSPS) is 41.0. The Morgan fingerprint density at radius 3 is 2.79 bits per heavy atom. The molecule has 0 aromatic rings. The number of cyclic esters (lactones) is 1. The summed E-state index contributed by atoms with van der Waals surface area (Å²) in [6, 6.07) is -0.0494. The van der Waals surface area contributed by atoms with Crippen molar-refractivity contribution in [2.75, 3.05) is 19.7 Å². The van der Waals surface area contributed by atoms with Crippen LogP contribution in [0.1, 0.15) is 27.2 Å². The summed E-state index contributed by atoms with van der Waals surface area (Å²) >= 11 is 0. The summed E-state index contributed by atoms with van der Waals surface area (Å²) in [6.45, 7) is 10.5. The summed E-state index contributed by atoms with van der Waals surface area (Å²) in [5.74, 6) is -2.05. The molecule has 24 heavy (non-hydrogen) atoms. The molecule has 6 nitrogen and oxygen atoms in total. The molecule has 0 spiro atoms. The van der Waals surface area contributed by atoms with Crippen molar-refractivity contribution < 1.29 is 24.2 Å². The summed E-state index contributed by atoms with van der Waals surface area (Å²) in [6.07, 6.45) is 2.53. The highest BCUT2D eigenvalue weighted by Crippen LogP contribution is 2.35.